The molecule has 1 atom stereocenters. The number of carbonyl (C=O) groups excluding carboxylic acids is 1. The molecule has 2 aromatic carbocycles. The average Bonchev–Trinajstić information content (AvgIpc) is 3.16. The molecule has 0 spiro atoms. The summed E-state index contributed by atoms with van der Waals surface area (Å²) in [5, 5.41) is 6.07. The maximum atomic E-state index is 14.3. The summed E-state index contributed by atoms with van der Waals surface area (Å²) in [6.07, 6.45) is 6.61. The van der Waals surface area contributed by atoms with Crippen molar-refractivity contribution >= 4 is 23.6 Å². The number of hydrogen-bond acceptors (Lipinski definition) is 4. The summed E-state index contributed by atoms with van der Waals surface area (Å²) < 4.78 is 28.7. The van der Waals surface area contributed by atoms with Crippen LogP contribution in [0.2, 0.25) is 0 Å². The zero-order chi connectivity index (χ0) is 21.4. The zero-order valence-corrected chi connectivity index (χ0v) is 16.9. The number of nitrogens with zero attached hydrogens (tertiary/aromatic N) is 2. The second kappa shape index (κ2) is 8.06. The lowest BCUT2D eigenvalue weighted by molar-refractivity contribution is -0.113. The van der Waals surface area contributed by atoms with Crippen molar-refractivity contribution in [1.82, 2.24) is 5.32 Å². The minimum atomic E-state index is -1.01. The Morgan fingerprint density at radius 3 is 2.39 bits per heavy atom. The summed E-state index contributed by atoms with van der Waals surface area (Å²) in [6.45, 7) is 0. The third-order valence-corrected chi connectivity index (χ3v) is 6.10. The van der Waals surface area contributed by atoms with Crippen LogP contribution in [0.4, 0.5) is 14.5 Å². The van der Waals surface area contributed by atoms with E-state index in [9.17, 15) is 13.6 Å². The summed E-state index contributed by atoms with van der Waals surface area (Å²) in [5.74, 6) is -1.02. The van der Waals surface area contributed by atoms with Gasteiger partial charge in [0.05, 0.1) is 17.5 Å². The second-order valence-corrected chi connectivity index (χ2v) is 8.09. The third kappa shape index (κ3) is 3.76. The van der Waals surface area contributed by atoms with E-state index >= 15 is 0 Å². The Morgan fingerprint density at radius 2 is 1.68 bits per heavy atom. The molecule has 1 unspecified atom stereocenters. The van der Waals surface area contributed by atoms with Gasteiger partial charge >= 0.3 is 0 Å². The minimum Gasteiger partial charge on any atom is -0.358 e. The number of hydrogen-bond donors (Lipinski definition) is 2. The molecule has 2 heterocycles. The molecular weight excluding hydrogens is 398 g/mol. The molecule has 5 nitrogen and oxygen atoms in total. The van der Waals surface area contributed by atoms with Crippen molar-refractivity contribution in [3.8, 4) is 0 Å². The highest BCUT2D eigenvalue weighted by Gasteiger charge is 2.33. The Morgan fingerprint density at radius 1 is 0.968 bits per heavy atom. The van der Waals surface area contributed by atoms with Gasteiger partial charge < -0.3 is 10.6 Å². The van der Waals surface area contributed by atoms with Crippen molar-refractivity contribution in [3.05, 3.63) is 76.5 Å². The van der Waals surface area contributed by atoms with Crippen LogP contribution in [-0.4, -0.2) is 18.0 Å². The van der Waals surface area contributed by atoms with Crippen molar-refractivity contribution in [1.29, 1.82) is 0 Å². The Hall–Kier alpha value is -3.35. The molecule has 0 aromatic heterocycles. The molecule has 2 aromatic rings. The lowest BCUT2D eigenvalue weighted by Gasteiger charge is -2.25. The first-order valence-electron chi connectivity index (χ1n) is 10.6. The van der Waals surface area contributed by atoms with E-state index in [0.29, 0.717) is 11.6 Å². The standard InChI is InChI=1S/C24H22F2N4O/c25-17-7-4-8-18(26)20(17)22-29-19-13-27-24(31)21(19)23(30-22)28-16-11-9-15(10-12-16)14-5-2-1-3-6-14/h4,7-14,22,29H,1-3,5-6H2,(H,28,30). The summed E-state index contributed by atoms with van der Waals surface area (Å²) in [6, 6.07) is 11.8. The van der Waals surface area contributed by atoms with E-state index in [0.717, 1.165) is 5.69 Å². The van der Waals surface area contributed by atoms with Gasteiger partial charge in [-0.05, 0) is 48.6 Å². The second-order valence-electron chi connectivity index (χ2n) is 8.09. The van der Waals surface area contributed by atoms with E-state index < -0.39 is 23.7 Å². The first-order valence-corrected chi connectivity index (χ1v) is 10.6. The first kappa shape index (κ1) is 19.6. The van der Waals surface area contributed by atoms with Crippen molar-refractivity contribution in [2.24, 2.45) is 9.98 Å². The van der Waals surface area contributed by atoms with Crippen molar-refractivity contribution in [2.45, 2.75) is 44.2 Å². The van der Waals surface area contributed by atoms with Crippen LogP contribution in [0.5, 0.6) is 0 Å². The molecule has 7 heteroatoms. The molecule has 5 rings (SSSR count). The number of allylic oxidation sites excluding steroid dienone is 1. The van der Waals surface area contributed by atoms with E-state index in [1.165, 1.54) is 62.1 Å². The molecule has 1 saturated carbocycles. The topological polar surface area (TPSA) is 65.8 Å². The maximum Gasteiger partial charge on any atom is 0.282 e. The summed E-state index contributed by atoms with van der Waals surface area (Å²) in [7, 11) is 0. The average molecular weight is 420 g/mol. The molecular formula is C24H22F2N4O. The van der Waals surface area contributed by atoms with Gasteiger partial charge in [-0.2, -0.15) is 0 Å². The predicted octanol–water partition coefficient (Wildman–Crippen LogP) is 4.99. The third-order valence-electron chi connectivity index (χ3n) is 6.10. The highest BCUT2D eigenvalue weighted by atomic mass is 19.1. The van der Waals surface area contributed by atoms with Crippen molar-refractivity contribution in [2.75, 3.05) is 5.32 Å². The smallest absolute Gasteiger partial charge is 0.282 e. The molecule has 0 saturated heterocycles. The van der Waals surface area contributed by atoms with Crippen LogP contribution in [0.15, 0.2) is 63.7 Å². The zero-order valence-electron chi connectivity index (χ0n) is 16.9. The van der Waals surface area contributed by atoms with Crippen LogP contribution >= 0.6 is 0 Å². The normalized spacial score (nSPS) is 21.0. The highest BCUT2D eigenvalue weighted by Crippen LogP contribution is 2.33. The number of amides is 1. The van der Waals surface area contributed by atoms with Gasteiger partial charge in [-0.3, -0.25) is 4.79 Å². The molecule has 0 bridgehead atoms. The van der Waals surface area contributed by atoms with Crippen LogP contribution in [0.1, 0.15) is 55.3 Å². The quantitative estimate of drug-likeness (QED) is 0.735. The van der Waals surface area contributed by atoms with E-state index in [1.54, 1.807) is 0 Å². The van der Waals surface area contributed by atoms with Gasteiger partial charge in [0.25, 0.3) is 5.91 Å². The fourth-order valence-corrected chi connectivity index (χ4v) is 4.49. The molecule has 1 aliphatic carbocycles. The number of nitrogens with one attached hydrogen (secondary N) is 2. The number of rotatable bonds is 3. The number of amidine groups is 1. The number of halogens is 2. The highest BCUT2D eigenvalue weighted by molar-refractivity contribution is 6.32. The van der Waals surface area contributed by atoms with Gasteiger partial charge in [-0.15, -0.1) is 0 Å². The van der Waals surface area contributed by atoms with Crippen LogP contribution in [0.25, 0.3) is 0 Å². The predicted molar refractivity (Wildman–Crippen MR) is 116 cm³/mol. The Kier molecular flexibility index (Phi) is 5.10. The molecule has 1 fully saturated rings. The van der Waals surface area contributed by atoms with Crippen LogP contribution < -0.4 is 10.6 Å². The Labute approximate surface area is 179 Å². The van der Waals surface area contributed by atoms with Gasteiger partial charge in [0.2, 0.25) is 0 Å². The van der Waals surface area contributed by atoms with Crippen LogP contribution in [-0.2, 0) is 4.79 Å². The van der Waals surface area contributed by atoms with Crippen LogP contribution in [0, 0.1) is 11.6 Å². The number of benzene rings is 2. The fourth-order valence-electron chi connectivity index (χ4n) is 4.49. The van der Waals surface area contributed by atoms with Gasteiger partial charge in [0, 0.05) is 5.69 Å². The lowest BCUT2D eigenvalue weighted by Crippen LogP contribution is -2.33. The van der Waals surface area contributed by atoms with Gasteiger partial charge in [0.15, 0.2) is 6.17 Å². The number of carbonyl (C=O) groups is 1. The lowest BCUT2D eigenvalue weighted by atomic mass is 9.84. The number of aliphatic imine (C=N–C) groups is 2. The maximum absolute atomic E-state index is 14.3. The van der Waals surface area contributed by atoms with E-state index in [-0.39, 0.29) is 17.0 Å². The van der Waals surface area contributed by atoms with Gasteiger partial charge in [-0.1, -0.05) is 37.5 Å². The molecule has 1 amide bonds. The molecule has 158 valence electrons. The molecule has 3 aliphatic rings. The summed E-state index contributed by atoms with van der Waals surface area (Å²) in [5.41, 5.74) is 2.52. The van der Waals surface area contributed by atoms with E-state index in [1.807, 2.05) is 12.1 Å². The molecule has 2 N–H and O–H groups in total. The largest absolute Gasteiger partial charge is 0.358 e. The fraction of sp³-hybridized carbons (Fsp3) is 0.292. The SMILES string of the molecule is O=C1N=CC2=C1C(Nc1ccc(C3CCCCC3)cc1)=NC(c1c(F)cccc1F)N2. The van der Waals surface area contributed by atoms with E-state index in [2.05, 4.69) is 32.8 Å². The summed E-state index contributed by atoms with van der Waals surface area (Å²) >= 11 is 0. The first-order chi connectivity index (χ1) is 15.1. The van der Waals surface area contributed by atoms with Crippen molar-refractivity contribution in [3.63, 3.8) is 0 Å². The minimum absolute atomic E-state index is 0.200. The molecule has 2 aliphatic heterocycles. The summed E-state index contributed by atoms with van der Waals surface area (Å²) in [4.78, 5) is 20.5. The van der Waals surface area contributed by atoms with Crippen molar-refractivity contribution < 1.29 is 13.6 Å². The number of anilines is 1. The molecule has 31 heavy (non-hydrogen) atoms. The monoisotopic (exact) mass is 420 g/mol. The van der Waals surface area contributed by atoms with Crippen LogP contribution in [0.3, 0.4) is 0 Å². The van der Waals surface area contributed by atoms with Gasteiger partial charge in [0.1, 0.15) is 23.0 Å². The van der Waals surface area contributed by atoms with Gasteiger partial charge in [-0.25, -0.2) is 18.8 Å². The Bertz CT molecular complexity index is 1090. The Balaban J connectivity index is 1.44. The molecule has 0 radical (unpaired) electrons. The van der Waals surface area contributed by atoms with E-state index in [4.69, 9.17) is 0 Å².